The number of hydrogen-bond acceptors (Lipinski definition) is 1. The van der Waals surface area contributed by atoms with Crippen LogP contribution in [0.1, 0.15) is 43.9 Å². The van der Waals surface area contributed by atoms with Crippen LogP contribution in [0.5, 0.6) is 0 Å². The summed E-state index contributed by atoms with van der Waals surface area (Å²) in [5.74, 6) is 1.61. The monoisotopic (exact) mass is 245 g/mol. The first-order chi connectivity index (χ1) is 8.54. The van der Waals surface area contributed by atoms with E-state index >= 15 is 0 Å². The number of aryl methyl sites for hydroxylation is 1. The SMILES string of the molecule is CC(C)CN(C)Cc1ccc2c(c1)CCC(C)C2. The van der Waals surface area contributed by atoms with Crippen LogP contribution in [-0.2, 0) is 19.4 Å². The first-order valence-corrected chi connectivity index (χ1v) is 7.34. The van der Waals surface area contributed by atoms with Gasteiger partial charge in [0.2, 0.25) is 0 Å². The molecule has 1 unspecified atom stereocenters. The largest absolute Gasteiger partial charge is 0.302 e. The molecule has 1 aliphatic rings. The lowest BCUT2D eigenvalue weighted by Crippen LogP contribution is -2.23. The molecule has 0 aromatic heterocycles. The summed E-state index contributed by atoms with van der Waals surface area (Å²) in [7, 11) is 2.22. The molecule has 1 nitrogen and oxygen atoms in total. The molecule has 1 aromatic rings. The fraction of sp³-hybridized carbons (Fsp3) is 0.647. The van der Waals surface area contributed by atoms with Crippen LogP contribution in [0.3, 0.4) is 0 Å². The van der Waals surface area contributed by atoms with Gasteiger partial charge in [0, 0.05) is 13.1 Å². The zero-order chi connectivity index (χ0) is 13.1. The molecular weight excluding hydrogens is 218 g/mol. The lowest BCUT2D eigenvalue weighted by Gasteiger charge is -2.24. The highest BCUT2D eigenvalue weighted by molar-refractivity contribution is 5.34. The van der Waals surface area contributed by atoms with E-state index in [1.807, 2.05) is 0 Å². The molecule has 100 valence electrons. The Morgan fingerprint density at radius 1 is 1.28 bits per heavy atom. The minimum Gasteiger partial charge on any atom is -0.302 e. The van der Waals surface area contributed by atoms with Gasteiger partial charge < -0.3 is 4.90 Å². The molecule has 1 heteroatoms. The van der Waals surface area contributed by atoms with Crippen LogP contribution in [0.15, 0.2) is 18.2 Å². The molecule has 0 bridgehead atoms. The fourth-order valence-corrected chi connectivity index (χ4v) is 3.09. The summed E-state index contributed by atoms with van der Waals surface area (Å²) >= 11 is 0. The third-order valence-electron chi connectivity index (χ3n) is 3.87. The molecular formula is C17H27N. The molecule has 1 aromatic carbocycles. The zero-order valence-electron chi connectivity index (χ0n) is 12.4. The summed E-state index contributed by atoms with van der Waals surface area (Å²) in [5.41, 5.74) is 4.67. The first kappa shape index (κ1) is 13.6. The van der Waals surface area contributed by atoms with Crippen LogP contribution < -0.4 is 0 Å². The lowest BCUT2D eigenvalue weighted by molar-refractivity contribution is 0.288. The van der Waals surface area contributed by atoms with Crippen LogP contribution in [0.25, 0.3) is 0 Å². The average molecular weight is 245 g/mol. The Hall–Kier alpha value is -0.820. The van der Waals surface area contributed by atoms with Crippen molar-refractivity contribution in [3.8, 4) is 0 Å². The second-order valence-corrected chi connectivity index (χ2v) is 6.54. The molecule has 0 radical (unpaired) electrons. The topological polar surface area (TPSA) is 3.24 Å². The summed E-state index contributed by atoms with van der Waals surface area (Å²) in [6, 6.07) is 7.13. The molecule has 0 saturated heterocycles. The van der Waals surface area contributed by atoms with E-state index in [9.17, 15) is 0 Å². The smallest absolute Gasteiger partial charge is 0.0230 e. The van der Waals surface area contributed by atoms with Crippen molar-refractivity contribution >= 4 is 0 Å². The first-order valence-electron chi connectivity index (χ1n) is 7.34. The number of nitrogens with zero attached hydrogens (tertiary/aromatic N) is 1. The lowest BCUT2D eigenvalue weighted by atomic mass is 9.84. The number of rotatable bonds is 4. The van der Waals surface area contributed by atoms with Crippen LogP contribution >= 0.6 is 0 Å². The van der Waals surface area contributed by atoms with E-state index in [4.69, 9.17) is 0 Å². The van der Waals surface area contributed by atoms with Gasteiger partial charge in [-0.25, -0.2) is 0 Å². The number of benzene rings is 1. The van der Waals surface area contributed by atoms with E-state index in [2.05, 4.69) is 50.9 Å². The Labute approximate surface area is 112 Å². The normalized spacial score (nSPS) is 19.3. The van der Waals surface area contributed by atoms with E-state index in [0.717, 1.165) is 18.4 Å². The predicted octanol–water partition coefficient (Wildman–Crippen LogP) is 3.90. The van der Waals surface area contributed by atoms with Gasteiger partial charge in [0.05, 0.1) is 0 Å². The van der Waals surface area contributed by atoms with Crippen LogP contribution in [0.4, 0.5) is 0 Å². The number of hydrogen-bond donors (Lipinski definition) is 0. The second-order valence-electron chi connectivity index (χ2n) is 6.54. The molecule has 0 amide bonds. The maximum Gasteiger partial charge on any atom is 0.0230 e. The molecule has 0 heterocycles. The Kier molecular flexibility index (Phi) is 4.45. The molecule has 18 heavy (non-hydrogen) atoms. The van der Waals surface area contributed by atoms with Gasteiger partial charge in [-0.05, 0) is 54.8 Å². The molecule has 0 fully saturated rings. The Morgan fingerprint density at radius 3 is 2.78 bits per heavy atom. The summed E-state index contributed by atoms with van der Waals surface area (Å²) in [4.78, 5) is 2.43. The average Bonchev–Trinajstić information content (AvgIpc) is 2.28. The van der Waals surface area contributed by atoms with Crippen molar-refractivity contribution in [2.75, 3.05) is 13.6 Å². The molecule has 1 aliphatic carbocycles. The molecule has 2 rings (SSSR count). The third-order valence-corrected chi connectivity index (χ3v) is 3.87. The van der Waals surface area contributed by atoms with Crippen molar-refractivity contribution in [3.05, 3.63) is 34.9 Å². The predicted molar refractivity (Wildman–Crippen MR) is 78.8 cm³/mol. The van der Waals surface area contributed by atoms with Crippen LogP contribution in [0.2, 0.25) is 0 Å². The molecule has 1 atom stereocenters. The summed E-state index contributed by atoms with van der Waals surface area (Å²) < 4.78 is 0. The third kappa shape index (κ3) is 3.58. The van der Waals surface area contributed by atoms with Crippen LogP contribution in [0, 0.1) is 11.8 Å². The highest BCUT2D eigenvalue weighted by Gasteiger charge is 2.15. The van der Waals surface area contributed by atoms with E-state index in [1.54, 1.807) is 11.1 Å². The molecule has 0 saturated carbocycles. The Balaban J connectivity index is 2.03. The van der Waals surface area contributed by atoms with Crippen molar-refractivity contribution in [2.45, 2.75) is 46.6 Å². The van der Waals surface area contributed by atoms with Crippen LogP contribution in [-0.4, -0.2) is 18.5 Å². The molecule has 0 N–H and O–H groups in total. The van der Waals surface area contributed by atoms with Gasteiger partial charge >= 0.3 is 0 Å². The minimum atomic E-state index is 0.744. The standard InChI is InChI=1S/C17H27N/c1-13(2)11-18(4)12-15-6-8-16-9-14(3)5-7-17(16)10-15/h6,8,10,13-14H,5,7,9,11-12H2,1-4H3. The van der Waals surface area contributed by atoms with Gasteiger partial charge in [-0.3, -0.25) is 0 Å². The highest BCUT2D eigenvalue weighted by atomic mass is 15.1. The second kappa shape index (κ2) is 5.88. The maximum atomic E-state index is 2.44. The van der Waals surface area contributed by atoms with Gasteiger partial charge in [-0.2, -0.15) is 0 Å². The van der Waals surface area contributed by atoms with E-state index in [-0.39, 0.29) is 0 Å². The zero-order valence-corrected chi connectivity index (χ0v) is 12.4. The highest BCUT2D eigenvalue weighted by Crippen LogP contribution is 2.26. The van der Waals surface area contributed by atoms with Gasteiger partial charge in [-0.15, -0.1) is 0 Å². The van der Waals surface area contributed by atoms with Crippen molar-refractivity contribution in [3.63, 3.8) is 0 Å². The van der Waals surface area contributed by atoms with E-state index in [1.165, 1.54) is 31.4 Å². The fourth-order valence-electron chi connectivity index (χ4n) is 3.09. The molecule has 0 aliphatic heterocycles. The molecule has 0 spiro atoms. The van der Waals surface area contributed by atoms with Crippen molar-refractivity contribution in [1.29, 1.82) is 0 Å². The Bertz CT molecular complexity index is 395. The summed E-state index contributed by atoms with van der Waals surface area (Å²) in [6.07, 6.45) is 3.91. The van der Waals surface area contributed by atoms with Crippen molar-refractivity contribution < 1.29 is 0 Å². The van der Waals surface area contributed by atoms with Gasteiger partial charge in [-0.1, -0.05) is 39.0 Å². The maximum absolute atomic E-state index is 2.44. The quantitative estimate of drug-likeness (QED) is 0.777. The van der Waals surface area contributed by atoms with Crippen molar-refractivity contribution in [1.82, 2.24) is 4.90 Å². The van der Waals surface area contributed by atoms with Gasteiger partial charge in [0.15, 0.2) is 0 Å². The Morgan fingerprint density at radius 2 is 2.06 bits per heavy atom. The summed E-state index contributed by atoms with van der Waals surface area (Å²) in [6.45, 7) is 9.19. The van der Waals surface area contributed by atoms with Gasteiger partial charge in [0.1, 0.15) is 0 Å². The summed E-state index contributed by atoms with van der Waals surface area (Å²) in [5, 5.41) is 0. The number of fused-ring (bicyclic) bond motifs is 1. The van der Waals surface area contributed by atoms with Crippen molar-refractivity contribution in [2.24, 2.45) is 11.8 Å². The van der Waals surface area contributed by atoms with E-state index in [0.29, 0.717) is 0 Å². The van der Waals surface area contributed by atoms with E-state index < -0.39 is 0 Å². The minimum absolute atomic E-state index is 0.744. The van der Waals surface area contributed by atoms with Gasteiger partial charge in [0.25, 0.3) is 0 Å².